The molecule has 2 atom stereocenters. The Hall–Kier alpha value is -5.21. The molecule has 2 aromatic heterocycles. The van der Waals surface area contributed by atoms with Crippen LogP contribution in [0.1, 0.15) is 44.6 Å². The van der Waals surface area contributed by atoms with Crippen molar-refractivity contribution in [1.29, 1.82) is 0 Å². The molecule has 1 aliphatic rings. The number of rotatable bonds is 9. The highest BCUT2D eigenvalue weighted by atomic mass is 79.9. The molecule has 2 amide bonds. The van der Waals surface area contributed by atoms with Crippen molar-refractivity contribution >= 4 is 27.7 Å². The molecule has 0 aliphatic carbocycles. The van der Waals surface area contributed by atoms with E-state index >= 15 is 0 Å². The molecule has 14 heteroatoms. The van der Waals surface area contributed by atoms with Gasteiger partial charge in [0.2, 0.25) is 0 Å². The minimum Gasteiger partial charge on any atom is -0.491 e. The zero-order valence-electron chi connectivity index (χ0n) is 27.5. The molecule has 0 saturated carbocycles. The van der Waals surface area contributed by atoms with E-state index in [0.717, 1.165) is 26.9 Å². The number of nitrogens with zero attached hydrogens (tertiary/aromatic N) is 4. The van der Waals surface area contributed by atoms with Crippen molar-refractivity contribution in [3.8, 4) is 22.7 Å². The average Bonchev–Trinajstić information content (AvgIpc) is 3.41. The molecule has 0 radical (unpaired) electrons. The Balaban J connectivity index is 1.36. The standard InChI is InChI=1S/C37H33BrF3N5O5/c1-22-17-24(10-15-29(22)38)35(49)44-20-31-33(34(48)43-18-25-7-3-4-8-28(25)30-9-5-6-16-42-30)46(36(50)45(31)19-23(44)2)26-11-13-27(14-12-26)51-21-32(47)37(39,40)41/h3-17,23,32,47H,18-21H2,1-2H3,(H,43,48)/t23-,32-/m1/s1. The van der Waals surface area contributed by atoms with Crippen LogP contribution in [0.3, 0.4) is 0 Å². The number of aliphatic hydroxyl groups excluding tert-OH is 1. The smallest absolute Gasteiger partial charge is 0.417 e. The second kappa shape index (κ2) is 14.6. The number of hydrogen-bond donors (Lipinski definition) is 2. The number of carbonyl (C=O) groups is 2. The summed E-state index contributed by atoms with van der Waals surface area (Å²) in [6.07, 6.45) is -5.85. The molecule has 0 bridgehead atoms. The number of aliphatic hydroxyl groups is 1. The maximum absolute atomic E-state index is 14.2. The Morgan fingerprint density at radius 2 is 1.78 bits per heavy atom. The minimum atomic E-state index is -4.85. The van der Waals surface area contributed by atoms with Crippen LogP contribution in [0.4, 0.5) is 13.2 Å². The van der Waals surface area contributed by atoms with E-state index in [9.17, 15) is 32.7 Å². The Morgan fingerprint density at radius 1 is 1.06 bits per heavy atom. The number of hydrogen-bond acceptors (Lipinski definition) is 6. The lowest BCUT2D eigenvalue weighted by Crippen LogP contribution is -2.47. The monoisotopic (exact) mass is 763 g/mol. The number of fused-ring (bicyclic) bond motifs is 1. The summed E-state index contributed by atoms with van der Waals surface area (Å²) >= 11 is 3.46. The van der Waals surface area contributed by atoms with E-state index < -0.39 is 36.5 Å². The maximum atomic E-state index is 14.2. The van der Waals surface area contributed by atoms with Crippen LogP contribution in [0.25, 0.3) is 16.9 Å². The molecule has 264 valence electrons. The summed E-state index contributed by atoms with van der Waals surface area (Å²) in [6.45, 7) is 2.85. The van der Waals surface area contributed by atoms with E-state index in [4.69, 9.17) is 4.74 Å². The predicted octanol–water partition coefficient (Wildman–Crippen LogP) is 6.05. The van der Waals surface area contributed by atoms with Crippen LogP contribution in [0.15, 0.2) is 100 Å². The molecule has 0 fully saturated rings. The van der Waals surface area contributed by atoms with Gasteiger partial charge >= 0.3 is 11.9 Å². The lowest BCUT2D eigenvalue weighted by Gasteiger charge is -2.34. The van der Waals surface area contributed by atoms with Crippen LogP contribution in [0.2, 0.25) is 0 Å². The van der Waals surface area contributed by atoms with E-state index in [1.165, 1.54) is 33.4 Å². The third-order valence-electron chi connectivity index (χ3n) is 8.70. The van der Waals surface area contributed by atoms with Crippen molar-refractivity contribution in [2.75, 3.05) is 6.61 Å². The summed E-state index contributed by atoms with van der Waals surface area (Å²) in [4.78, 5) is 48.2. The van der Waals surface area contributed by atoms with Crippen molar-refractivity contribution in [2.24, 2.45) is 0 Å². The van der Waals surface area contributed by atoms with Gasteiger partial charge in [-0.2, -0.15) is 13.2 Å². The lowest BCUT2D eigenvalue weighted by molar-refractivity contribution is -0.210. The molecular weight excluding hydrogens is 731 g/mol. The molecule has 3 heterocycles. The largest absolute Gasteiger partial charge is 0.491 e. The third-order valence-corrected chi connectivity index (χ3v) is 9.59. The summed E-state index contributed by atoms with van der Waals surface area (Å²) < 4.78 is 47.1. The van der Waals surface area contributed by atoms with Crippen LogP contribution in [0.5, 0.6) is 5.75 Å². The Bertz CT molecular complexity index is 2130. The first-order valence-electron chi connectivity index (χ1n) is 16.0. The number of pyridine rings is 1. The fourth-order valence-corrected chi connectivity index (χ4v) is 6.22. The highest BCUT2D eigenvalue weighted by Gasteiger charge is 2.39. The number of ether oxygens (including phenoxy) is 1. The zero-order valence-corrected chi connectivity index (χ0v) is 29.1. The maximum Gasteiger partial charge on any atom is 0.417 e. The summed E-state index contributed by atoms with van der Waals surface area (Å²) in [6, 6.07) is 23.4. The Kier molecular flexibility index (Phi) is 10.2. The summed E-state index contributed by atoms with van der Waals surface area (Å²) in [5, 5.41) is 12.3. The van der Waals surface area contributed by atoms with Gasteiger partial charge in [-0.05, 0) is 79.6 Å². The van der Waals surface area contributed by atoms with Crippen molar-refractivity contribution in [2.45, 2.75) is 51.8 Å². The first kappa shape index (κ1) is 35.6. The second-order valence-corrected chi connectivity index (χ2v) is 13.0. The van der Waals surface area contributed by atoms with Gasteiger partial charge in [0, 0.05) is 40.9 Å². The molecule has 0 spiro atoms. The van der Waals surface area contributed by atoms with Gasteiger partial charge in [0.1, 0.15) is 18.1 Å². The fourth-order valence-electron chi connectivity index (χ4n) is 5.97. The Morgan fingerprint density at radius 3 is 2.47 bits per heavy atom. The van der Waals surface area contributed by atoms with Crippen LogP contribution in [-0.2, 0) is 19.6 Å². The lowest BCUT2D eigenvalue weighted by atomic mass is 10.0. The topological polar surface area (TPSA) is 119 Å². The van der Waals surface area contributed by atoms with E-state index in [1.54, 1.807) is 35.4 Å². The van der Waals surface area contributed by atoms with E-state index in [1.807, 2.05) is 50.2 Å². The average molecular weight is 765 g/mol. The molecule has 5 aromatic rings. The van der Waals surface area contributed by atoms with Crippen LogP contribution >= 0.6 is 15.9 Å². The Labute approximate surface area is 299 Å². The fraction of sp³-hybridized carbons (Fsp3) is 0.243. The van der Waals surface area contributed by atoms with E-state index in [-0.39, 0.29) is 42.7 Å². The quantitative estimate of drug-likeness (QED) is 0.189. The van der Waals surface area contributed by atoms with Gasteiger partial charge in [-0.25, -0.2) is 4.79 Å². The first-order valence-corrected chi connectivity index (χ1v) is 16.8. The number of benzene rings is 3. The summed E-state index contributed by atoms with van der Waals surface area (Å²) in [7, 11) is 0. The van der Waals surface area contributed by atoms with Crippen LogP contribution in [0, 0.1) is 6.92 Å². The number of halogens is 4. The van der Waals surface area contributed by atoms with E-state index in [2.05, 4.69) is 26.2 Å². The first-order chi connectivity index (χ1) is 24.3. The molecule has 51 heavy (non-hydrogen) atoms. The number of alkyl halides is 3. The normalized spacial score (nSPS) is 14.9. The number of amides is 2. The zero-order chi connectivity index (χ0) is 36.4. The van der Waals surface area contributed by atoms with Crippen molar-refractivity contribution in [1.82, 2.24) is 24.3 Å². The van der Waals surface area contributed by atoms with Gasteiger partial charge in [0.05, 0.1) is 23.6 Å². The molecule has 0 saturated heterocycles. The van der Waals surface area contributed by atoms with Gasteiger partial charge in [-0.3, -0.25) is 23.7 Å². The third kappa shape index (κ3) is 7.47. The predicted molar refractivity (Wildman–Crippen MR) is 187 cm³/mol. The second-order valence-electron chi connectivity index (χ2n) is 12.2. The van der Waals surface area contributed by atoms with Crippen LogP contribution < -0.4 is 15.7 Å². The van der Waals surface area contributed by atoms with Gasteiger partial charge in [0.15, 0.2) is 6.10 Å². The van der Waals surface area contributed by atoms with Crippen molar-refractivity contribution in [3.05, 3.63) is 134 Å². The highest BCUT2D eigenvalue weighted by molar-refractivity contribution is 9.10. The number of nitrogens with one attached hydrogen (secondary N) is 1. The summed E-state index contributed by atoms with van der Waals surface area (Å²) in [5.74, 6) is -0.819. The van der Waals surface area contributed by atoms with E-state index in [0.29, 0.717) is 11.3 Å². The molecular formula is C37H33BrF3N5O5. The number of carbonyl (C=O) groups excluding carboxylic acids is 2. The number of aromatic nitrogens is 3. The molecule has 1 aliphatic heterocycles. The van der Waals surface area contributed by atoms with Gasteiger partial charge in [-0.15, -0.1) is 0 Å². The number of aryl methyl sites for hydroxylation is 1. The van der Waals surface area contributed by atoms with Crippen molar-refractivity contribution in [3.63, 3.8) is 0 Å². The number of imidazole rings is 1. The van der Waals surface area contributed by atoms with Gasteiger partial charge < -0.3 is 20.1 Å². The van der Waals surface area contributed by atoms with Gasteiger partial charge in [-0.1, -0.05) is 46.3 Å². The highest BCUT2D eigenvalue weighted by Crippen LogP contribution is 2.28. The molecule has 6 rings (SSSR count). The SMILES string of the molecule is Cc1cc(C(=O)N2Cc3c(C(=O)NCc4ccccc4-c4ccccn4)n(-c4ccc(OC[C@@H](O)C(F)(F)F)cc4)c(=O)n3C[C@H]2C)ccc1Br. The van der Waals surface area contributed by atoms with Crippen LogP contribution in [-0.4, -0.2) is 60.9 Å². The molecule has 0 unspecified atom stereocenters. The minimum absolute atomic E-state index is 0.00756. The molecule has 2 N–H and O–H groups in total. The van der Waals surface area contributed by atoms with Crippen molar-refractivity contribution < 1.29 is 32.6 Å². The van der Waals surface area contributed by atoms with Gasteiger partial charge in [0.25, 0.3) is 11.8 Å². The summed E-state index contributed by atoms with van der Waals surface area (Å²) in [5.41, 5.74) is 3.71. The molecule has 3 aromatic carbocycles. The molecule has 10 nitrogen and oxygen atoms in total.